The van der Waals surface area contributed by atoms with E-state index in [1.807, 2.05) is 12.3 Å². The molecule has 0 aliphatic rings. The largest absolute Gasteiger partial charge is 0.378 e. The monoisotopic (exact) mass is 263 g/mol. The molecule has 0 fully saturated rings. The van der Waals surface area contributed by atoms with Gasteiger partial charge in [-0.1, -0.05) is 31.2 Å². The van der Waals surface area contributed by atoms with E-state index in [2.05, 4.69) is 38.1 Å². The average molecular weight is 263 g/mol. The summed E-state index contributed by atoms with van der Waals surface area (Å²) in [6, 6.07) is 0. The summed E-state index contributed by atoms with van der Waals surface area (Å²) < 4.78 is 5.67. The molecule has 0 radical (unpaired) electrons. The van der Waals surface area contributed by atoms with Crippen LogP contribution in [0.4, 0.5) is 0 Å². The molecular formula is C17H29NO. The highest BCUT2D eigenvalue weighted by molar-refractivity contribution is 5.78. The molecule has 2 nitrogen and oxygen atoms in total. The Morgan fingerprint density at radius 1 is 1.42 bits per heavy atom. The zero-order valence-corrected chi connectivity index (χ0v) is 12.8. The lowest BCUT2D eigenvalue weighted by Gasteiger charge is -2.12. The van der Waals surface area contributed by atoms with Gasteiger partial charge in [-0.25, -0.2) is 0 Å². The van der Waals surface area contributed by atoms with Gasteiger partial charge in [0.1, 0.15) is 0 Å². The zero-order chi connectivity index (χ0) is 14.5. The van der Waals surface area contributed by atoms with Crippen molar-refractivity contribution in [1.29, 1.82) is 0 Å². The molecule has 108 valence electrons. The maximum Gasteiger partial charge on any atom is 0.0550 e. The van der Waals surface area contributed by atoms with Crippen molar-refractivity contribution in [3.05, 3.63) is 36.5 Å². The van der Waals surface area contributed by atoms with E-state index < -0.39 is 0 Å². The van der Waals surface area contributed by atoms with E-state index in [0.29, 0.717) is 6.10 Å². The summed E-state index contributed by atoms with van der Waals surface area (Å²) in [5, 5.41) is 0. The van der Waals surface area contributed by atoms with Gasteiger partial charge in [0.25, 0.3) is 0 Å². The smallest absolute Gasteiger partial charge is 0.0550 e. The second-order valence-electron chi connectivity index (χ2n) is 4.77. The van der Waals surface area contributed by atoms with Crippen molar-refractivity contribution >= 4 is 6.21 Å². The first kappa shape index (κ1) is 17.8. The summed E-state index contributed by atoms with van der Waals surface area (Å²) in [7, 11) is 1.81. The van der Waals surface area contributed by atoms with Crippen molar-refractivity contribution in [3.63, 3.8) is 0 Å². The van der Waals surface area contributed by atoms with Crippen molar-refractivity contribution in [2.45, 2.75) is 52.1 Å². The molecule has 0 aromatic rings. The number of allylic oxidation sites excluding steroid dienone is 3. The molecule has 0 amide bonds. The Kier molecular flexibility index (Phi) is 11.2. The summed E-state index contributed by atoms with van der Waals surface area (Å²) in [5.41, 5.74) is 2.54. The second kappa shape index (κ2) is 11.9. The van der Waals surface area contributed by atoms with Crippen LogP contribution in [0.5, 0.6) is 0 Å². The van der Waals surface area contributed by atoms with Gasteiger partial charge in [-0.05, 0) is 44.6 Å². The van der Waals surface area contributed by atoms with Gasteiger partial charge in [0.15, 0.2) is 0 Å². The molecular weight excluding hydrogens is 234 g/mol. The lowest BCUT2D eigenvalue weighted by Crippen LogP contribution is -2.09. The highest BCUT2D eigenvalue weighted by atomic mass is 16.5. The van der Waals surface area contributed by atoms with Crippen LogP contribution in [0, 0.1) is 0 Å². The molecule has 0 saturated carbocycles. The van der Waals surface area contributed by atoms with Crippen LogP contribution >= 0.6 is 0 Å². The number of aliphatic imine (C=N–C) groups is 1. The van der Waals surface area contributed by atoms with E-state index in [0.717, 1.165) is 38.7 Å². The number of rotatable bonds is 11. The molecule has 0 aromatic carbocycles. The van der Waals surface area contributed by atoms with Crippen LogP contribution < -0.4 is 0 Å². The Balaban J connectivity index is 3.88. The average Bonchev–Trinajstić information content (AvgIpc) is 2.41. The van der Waals surface area contributed by atoms with Crippen molar-refractivity contribution in [3.8, 4) is 0 Å². The number of ether oxygens (including phenoxy) is 1. The summed E-state index contributed by atoms with van der Waals surface area (Å²) in [6.07, 6.45) is 11.3. The fourth-order valence-corrected chi connectivity index (χ4v) is 1.67. The lowest BCUT2D eigenvalue weighted by atomic mass is 10.0. The molecule has 0 saturated heterocycles. The number of nitrogens with zero attached hydrogens (tertiary/aromatic N) is 1. The molecule has 0 spiro atoms. The van der Waals surface area contributed by atoms with E-state index in [1.54, 1.807) is 7.05 Å². The minimum Gasteiger partial charge on any atom is -0.378 e. The SMILES string of the molecule is C=CCCO[C@@H](C)CCC(=C)C/C=C(\C=NC)CC. The predicted molar refractivity (Wildman–Crippen MR) is 86.0 cm³/mol. The van der Waals surface area contributed by atoms with Gasteiger partial charge < -0.3 is 4.74 Å². The van der Waals surface area contributed by atoms with E-state index >= 15 is 0 Å². The van der Waals surface area contributed by atoms with E-state index in [1.165, 1.54) is 11.1 Å². The molecule has 2 heteroatoms. The van der Waals surface area contributed by atoms with Crippen molar-refractivity contribution in [2.24, 2.45) is 4.99 Å². The van der Waals surface area contributed by atoms with Crippen molar-refractivity contribution in [1.82, 2.24) is 0 Å². The predicted octanol–water partition coefficient (Wildman–Crippen LogP) is 4.73. The molecule has 0 aliphatic carbocycles. The third kappa shape index (κ3) is 10.5. The highest BCUT2D eigenvalue weighted by Crippen LogP contribution is 2.13. The van der Waals surface area contributed by atoms with Gasteiger partial charge in [0, 0.05) is 13.3 Å². The van der Waals surface area contributed by atoms with E-state index in [-0.39, 0.29) is 0 Å². The second-order valence-corrected chi connectivity index (χ2v) is 4.77. The standard InChI is InChI=1S/C17H29NO/c1-6-8-13-19-16(4)11-9-15(3)10-12-17(7-2)14-18-5/h6,12,14,16H,1,3,7-11,13H2,2,4-5H3/b17-12-,18-14?/t16-/m0/s1. The molecule has 0 bridgehead atoms. The molecule has 0 rings (SSSR count). The fraction of sp³-hybridized carbons (Fsp3) is 0.588. The minimum absolute atomic E-state index is 0.295. The van der Waals surface area contributed by atoms with E-state index in [9.17, 15) is 0 Å². The van der Waals surface area contributed by atoms with Gasteiger partial charge in [-0.15, -0.1) is 6.58 Å². The minimum atomic E-state index is 0.295. The fourth-order valence-electron chi connectivity index (χ4n) is 1.67. The molecule has 0 aromatic heterocycles. The normalized spacial score (nSPS) is 13.7. The Morgan fingerprint density at radius 3 is 2.74 bits per heavy atom. The zero-order valence-electron chi connectivity index (χ0n) is 12.8. The molecule has 0 heterocycles. The first-order chi connectivity index (χ1) is 9.13. The van der Waals surface area contributed by atoms with Gasteiger partial charge in [-0.2, -0.15) is 0 Å². The maximum atomic E-state index is 5.67. The van der Waals surface area contributed by atoms with Crippen LogP contribution in [-0.2, 0) is 4.74 Å². The van der Waals surface area contributed by atoms with Gasteiger partial charge >= 0.3 is 0 Å². The summed E-state index contributed by atoms with van der Waals surface area (Å²) >= 11 is 0. The van der Waals surface area contributed by atoms with Gasteiger partial charge in [0.2, 0.25) is 0 Å². The molecule has 0 N–H and O–H groups in total. The Bertz CT molecular complexity index is 315. The van der Waals surface area contributed by atoms with Crippen LogP contribution in [0.3, 0.4) is 0 Å². The van der Waals surface area contributed by atoms with Crippen LogP contribution in [0.1, 0.15) is 46.0 Å². The highest BCUT2D eigenvalue weighted by Gasteiger charge is 2.02. The molecule has 19 heavy (non-hydrogen) atoms. The molecule has 0 aliphatic heterocycles. The van der Waals surface area contributed by atoms with Crippen molar-refractivity contribution < 1.29 is 4.74 Å². The number of hydrogen-bond acceptors (Lipinski definition) is 2. The Morgan fingerprint density at radius 2 is 2.16 bits per heavy atom. The van der Waals surface area contributed by atoms with Crippen LogP contribution in [0.15, 0.2) is 41.4 Å². The van der Waals surface area contributed by atoms with Crippen molar-refractivity contribution in [2.75, 3.05) is 13.7 Å². The van der Waals surface area contributed by atoms with E-state index in [4.69, 9.17) is 4.74 Å². The Labute approximate surface area is 119 Å². The summed E-state index contributed by atoms with van der Waals surface area (Å²) in [5.74, 6) is 0. The third-order valence-corrected chi connectivity index (χ3v) is 2.98. The molecule has 1 atom stereocenters. The number of hydrogen-bond donors (Lipinski definition) is 0. The topological polar surface area (TPSA) is 21.6 Å². The maximum absolute atomic E-state index is 5.67. The van der Waals surface area contributed by atoms with Crippen LogP contribution in [0.25, 0.3) is 0 Å². The first-order valence-corrected chi connectivity index (χ1v) is 7.14. The Hall–Kier alpha value is -1.15. The lowest BCUT2D eigenvalue weighted by molar-refractivity contribution is 0.0639. The van der Waals surface area contributed by atoms with Crippen LogP contribution in [0.2, 0.25) is 0 Å². The van der Waals surface area contributed by atoms with Gasteiger partial charge in [0.05, 0.1) is 12.7 Å². The first-order valence-electron chi connectivity index (χ1n) is 7.14. The summed E-state index contributed by atoms with van der Waals surface area (Å²) in [6.45, 7) is 12.8. The van der Waals surface area contributed by atoms with Crippen LogP contribution in [-0.4, -0.2) is 26.0 Å². The summed E-state index contributed by atoms with van der Waals surface area (Å²) in [4.78, 5) is 4.05. The van der Waals surface area contributed by atoms with Gasteiger partial charge in [-0.3, -0.25) is 4.99 Å². The third-order valence-electron chi connectivity index (χ3n) is 2.98. The quantitative estimate of drug-likeness (QED) is 0.300. The molecule has 0 unspecified atom stereocenters.